The highest BCUT2D eigenvalue weighted by Gasteiger charge is 2.81. The van der Waals surface area contributed by atoms with E-state index in [1.165, 1.54) is 13.0 Å². The van der Waals surface area contributed by atoms with E-state index in [1.54, 1.807) is 12.2 Å². The number of carbonyl (C=O) groups excluding carboxylic acids is 2. The molecule has 3 aliphatic carbocycles. The smallest absolute Gasteiger partial charge is 0.330 e. The first-order valence-corrected chi connectivity index (χ1v) is 14.1. The maximum atomic E-state index is 14.5. The van der Waals surface area contributed by atoms with Crippen LogP contribution in [0, 0.1) is 11.8 Å². The van der Waals surface area contributed by atoms with Crippen LogP contribution in [0.2, 0.25) is 0 Å². The molecule has 4 atom stereocenters. The molecule has 1 saturated heterocycles. The summed E-state index contributed by atoms with van der Waals surface area (Å²) in [5.41, 5.74) is -2.14. The summed E-state index contributed by atoms with van der Waals surface area (Å²) in [4.78, 5) is 40.4. The van der Waals surface area contributed by atoms with Gasteiger partial charge < -0.3 is 24.4 Å². The summed E-state index contributed by atoms with van der Waals surface area (Å²) >= 11 is 0. The van der Waals surface area contributed by atoms with Crippen LogP contribution < -0.4 is 9.47 Å². The lowest BCUT2D eigenvalue weighted by molar-refractivity contribution is -0.171. The summed E-state index contributed by atoms with van der Waals surface area (Å²) in [6, 6.07) is 0. The second kappa shape index (κ2) is 8.44. The number of rotatable bonds is 5. The van der Waals surface area contributed by atoms with Gasteiger partial charge in [0, 0.05) is 35.0 Å². The van der Waals surface area contributed by atoms with Gasteiger partial charge in [-0.3, -0.25) is 9.59 Å². The number of carboxylic acid groups (broad SMARTS) is 1. The molecule has 216 valence electrons. The first-order valence-electron chi connectivity index (χ1n) is 14.1. The first-order chi connectivity index (χ1) is 19.1. The van der Waals surface area contributed by atoms with Gasteiger partial charge in [-0.25, -0.2) is 4.79 Å². The van der Waals surface area contributed by atoms with E-state index in [0.717, 1.165) is 5.57 Å². The Bertz CT molecular complexity index is 1560. The lowest BCUT2D eigenvalue weighted by Crippen LogP contribution is -2.72. The molecule has 3 heterocycles. The summed E-state index contributed by atoms with van der Waals surface area (Å²) in [5.74, 6) is -2.29. The molecule has 41 heavy (non-hydrogen) atoms. The molecule has 6 aliphatic rings. The zero-order chi connectivity index (χ0) is 29.9. The highest BCUT2D eigenvalue weighted by Crippen LogP contribution is 2.68. The fraction of sp³-hybridized carbons (Fsp3) is 0.485. The van der Waals surface area contributed by atoms with Crippen LogP contribution in [0.4, 0.5) is 0 Å². The SMILES string of the molecule is CC(C)=CCc1c2c(c(O)c3c1O[C@]14C(=C[C@H]5C[C@H]1C(C)(C)O[C@@]4(C/C=C(/C)C(=O)O)C5=O)C3=O)C=CC(C)(C)O2. The zero-order valence-electron chi connectivity index (χ0n) is 24.5. The normalized spacial score (nSPS) is 31.4. The topological polar surface area (TPSA) is 119 Å². The Kier molecular flexibility index (Phi) is 5.67. The first kappa shape index (κ1) is 27.5. The van der Waals surface area contributed by atoms with Crippen LogP contribution in [0.5, 0.6) is 17.2 Å². The van der Waals surface area contributed by atoms with Crippen molar-refractivity contribution in [1.29, 1.82) is 0 Å². The van der Waals surface area contributed by atoms with Gasteiger partial charge in [0.25, 0.3) is 0 Å². The molecule has 8 nitrogen and oxygen atoms in total. The van der Waals surface area contributed by atoms with E-state index in [0.29, 0.717) is 35.3 Å². The summed E-state index contributed by atoms with van der Waals surface area (Å²) in [7, 11) is 0. The number of phenolic OH excluding ortho intramolecular Hbond substituents is 1. The standard InChI is InChI=1S/C33H36O8/c1-16(2)8-9-20-26-19(11-12-30(4,5)39-26)24(34)23-25(35)21-14-18-15-22-31(6,7)41-32(28(18)36,13-10-17(3)29(37)38)33(21,22)40-27(20)23/h8,10-12,14,18,22,34H,9,13,15H2,1-7H3,(H,37,38)/b17-10-/t18-,22-,32-,33+/m0/s1. The summed E-state index contributed by atoms with van der Waals surface area (Å²) < 4.78 is 20.1. The van der Waals surface area contributed by atoms with Crippen molar-refractivity contribution < 1.29 is 38.8 Å². The van der Waals surface area contributed by atoms with E-state index >= 15 is 0 Å². The lowest BCUT2D eigenvalue weighted by atomic mass is 9.51. The molecule has 1 aromatic rings. The molecule has 2 N–H and O–H groups in total. The molecule has 0 unspecified atom stereocenters. The number of hydrogen-bond acceptors (Lipinski definition) is 7. The monoisotopic (exact) mass is 560 g/mol. The average Bonchev–Trinajstić information content (AvgIpc) is 3.03. The van der Waals surface area contributed by atoms with Gasteiger partial charge in [0.1, 0.15) is 28.4 Å². The fourth-order valence-corrected chi connectivity index (χ4v) is 7.44. The lowest BCUT2D eigenvalue weighted by Gasteiger charge is -2.56. The number of fused-ring (bicyclic) bond motifs is 2. The minimum Gasteiger partial charge on any atom is -0.506 e. The van der Waals surface area contributed by atoms with Crippen molar-refractivity contribution in [2.75, 3.05) is 0 Å². The molecule has 0 amide bonds. The number of ether oxygens (including phenoxy) is 3. The number of benzene rings is 1. The maximum absolute atomic E-state index is 14.5. The third-order valence-electron chi connectivity index (χ3n) is 9.37. The van der Waals surface area contributed by atoms with Gasteiger partial charge in [-0.1, -0.05) is 23.8 Å². The number of carboxylic acids is 1. The van der Waals surface area contributed by atoms with Crippen molar-refractivity contribution in [3.63, 3.8) is 0 Å². The second-order valence-corrected chi connectivity index (χ2v) is 13.2. The molecule has 4 bridgehead atoms. The fourth-order valence-electron chi connectivity index (χ4n) is 7.44. The van der Waals surface area contributed by atoms with Gasteiger partial charge >= 0.3 is 5.97 Å². The Morgan fingerprint density at radius 2 is 1.78 bits per heavy atom. The van der Waals surface area contributed by atoms with E-state index < -0.39 is 40.1 Å². The van der Waals surface area contributed by atoms with Crippen molar-refractivity contribution in [3.8, 4) is 17.2 Å². The van der Waals surface area contributed by atoms with Crippen LogP contribution in [-0.4, -0.2) is 50.2 Å². The molecule has 2 fully saturated rings. The third kappa shape index (κ3) is 3.52. The molecule has 1 saturated carbocycles. The number of carbonyl (C=O) groups is 3. The molecular formula is C33H36O8. The van der Waals surface area contributed by atoms with Gasteiger partial charge in [-0.05, 0) is 73.5 Å². The van der Waals surface area contributed by atoms with E-state index in [-0.39, 0.29) is 40.8 Å². The average molecular weight is 561 g/mol. The quantitative estimate of drug-likeness (QED) is 0.357. The molecule has 7 rings (SSSR count). The number of ketones is 2. The van der Waals surface area contributed by atoms with Gasteiger partial charge in [-0.15, -0.1) is 0 Å². The number of hydrogen-bond donors (Lipinski definition) is 2. The number of aromatic hydroxyl groups is 1. The van der Waals surface area contributed by atoms with Crippen LogP contribution in [0.1, 0.15) is 82.8 Å². The van der Waals surface area contributed by atoms with Crippen molar-refractivity contribution >= 4 is 23.6 Å². The molecular weight excluding hydrogens is 524 g/mol. The predicted molar refractivity (Wildman–Crippen MR) is 151 cm³/mol. The Balaban J connectivity index is 1.66. The van der Waals surface area contributed by atoms with Crippen molar-refractivity contribution in [2.24, 2.45) is 11.8 Å². The van der Waals surface area contributed by atoms with Gasteiger partial charge in [0.15, 0.2) is 22.8 Å². The number of phenols is 1. The van der Waals surface area contributed by atoms with E-state index in [9.17, 15) is 24.6 Å². The Morgan fingerprint density at radius 1 is 1.07 bits per heavy atom. The van der Waals surface area contributed by atoms with Crippen molar-refractivity contribution in [3.05, 3.63) is 57.7 Å². The Morgan fingerprint density at radius 3 is 2.44 bits per heavy atom. The molecule has 3 aliphatic heterocycles. The van der Waals surface area contributed by atoms with E-state index in [2.05, 4.69) is 0 Å². The minimum atomic E-state index is -1.61. The molecule has 1 aromatic carbocycles. The van der Waals surface area contributed by atoms with Gasteiger partial charge in [0.2, 0.25) is 0 Å². The van der Waals surface area contributed by atoms with Crippen LogP contribution in [0.15, 0.2) is 41.0 Å². The molecule has 0 aromatic heterocycles. The molecule has 1 spiro atoms. The predicted octanol–water partition coefficient (Wildman–Crippen LogP) is 5.51. The van der Waals surface area contributed by atoms with Crippen LogP contribution in [0.25, 0.3) is 6.08 Å². The number of Topliss-reactive ketones (excluding diaryl/α,β-unsaturated/α-hetero) is 2. The largest absolute Gasteiger partial charge is 0.506 e. The molecule has 0 radical (unpaired) electrons. The van der Waals surface area contributed by atoms with Crippen molar-refractivity contribution in [2.45, 2.75) is 90.1 Å². The van der Waals surface area contributed by atoms with Crippen LogP contribution in [0.3, 0.4) is 0 Å². The van der Waals surface area contributed by atoms with Crippen LogP contribution >= 0.6 is 0 Å². The summed E-state index contributed by atoms with van der Waals surface area (Å²) in [5, 5.41) is 21.1. The van der Waals surface area contributed by atoms with Crippen LogP contribution in [-0.2, 0) is 20.7 Å². The number of aliphatic carboxylic acids is 1. The maximum Gasteiger partial charge on any atom is 0.330 e. The zero-order valence-corrected chi connectivity index (χ0v) is 24.5. The molecule has 8 heteroatoms. The highest BCUT2D eigenvalue weighted by molar-refractivity contribution is 6.19. The van der Waals surface area contributed by atoms with E-state index in [4.69, 9.17) is 14.2 Å². The summed E-state index contributed by atoms with van der Waals surface area (Å²) in [6.07, 6.45) is 9.54. The Hall–Kier alpha value is -3.65. The number of allylic oxidation sites excluding steroid dienone is 3. The van der Waals surface area contributed by atoms with Gasteiger partial charge in [0.05, 0.1) is 11.2 Å². The third-order valence-corrected chi connectivity index (χ3v) is 9.37. The Labute approximate surface area is 239 Å². The highest BCUT2D eigenvalue weighted by atomic mass is 16.6. The van der Waals surface area contributed by atoms with Gasteiger partial charge in [-0.2, -0.15) is 0 Å². The second-order valence-electron chi connectivity index (χ2n) is 13.2. The minimum absolute atomic E-state index is 0.0513. The van der Waals surface area contributed by atoms with Crippen molar-refractivity contribution in [1.82, 2.24) is 0 Å². The van der Waals surface area contributed by atoms with E-state index in [1.807, 2.05) is 53.7 Å². The summed E-state index contributed by atoms with van der Waals surface area (Å²) in [6.45, 7) is 13.0.